The lowest BCUT2D eigenvalue weighted by Gasteiger charge is -2.06. The summed E-state index contributed by atoms with van der Waals surface area (Å²) in [6.45, 7) is 10.2. The highest BCUT2D eigenvalue weighted by Crippen LogP contribution is 2.21. The summed E-state index contributed by atoms with van der Waals surface area (Å²) in [5, 5.41) is 35.1. The number of aliphatic hydroxyl groups excluding tert-OH is 2. The molecule has 17 heteroatoms. The molecule has 3 aromatic carbocycles. The maximum Gasteiger partial charge on any atom is 0.488 e. The number of nitrogens with one attached hydrogen (secondary N) is 1. The van der Waals surface area contributed by atoms with E-state index < -0.39 is 18.6 Å². The number of nitrogens with zero attached hydrogens (tertiary/aromatic N) is 6. The molecule has 0 saturated heterocycles. The van der Waals surface area contributed by atoms with Gasteiger partial charge in [0.05, 0.1) is 31.1 Å². The van der Waals surface area contributed by atoms with Crippen LogP contribution in [0.2, 0.25) is 0 Å². The van der Waals surface area contributed by atoms with E-state index in [1.165, 1.54) is 5.56 Å². The van der Waals surface area contributed by atoms with E-state index in [-0.39, 0.29) is 42.9 Å². The van der Waals surface area contributed by atoms with Crippen molar-refractivity contribution in [2.45, 2.75) is 84.1 Å². The SMILES string of the molecule is C.C.C.C.Cc1ccc(-c2cccc(CO)c2)nc1.Cc1ccc(-c2cccc(Cn3c(=O)oc4ccc(C)nc43)c2)nc1.Cc1ccc(Br)nc1.Cc1ccc2oc(=O)[nH]c2n1.OCc1cccc(B(O)O)c1. The number of oxazole rings is 2. The standard InChI is InChI=1S/C20H17N3O2.C13H13NO.C7H9BO3.C7H6N2O2.C6H6BrN.4CH4/c1-13-6-8-17(21-11-13)16-5-3-4-15(10-16)12-23-19-18(25-20(23)24)9-7-14(2)22-19;1-10-5-6-13(14-8-10)12-4-2-3-11(7-12)9-15;9-5-6-2-1-3-7(4-6)8(10)11;1-4-2-3-5-6(8-4)9-7(10)11-5;1-5-2-3-6(7)8-4-5;;;;/h3-11H,12H2,1-2H3;2-8,15H,9H2,1H3;1-4,9-11H,5H2;2-3H,1H3,(H,8,9,10);2-4H,1H3;4*1H4. The summed E-state index contributed by atoms with van der Waals surface area (Å²) in [5.41, 5.74) is 14.1. The van der Waals surface area contributed by atoms with E-state index >= 15 is 0 Å². The van der Waals surface area contributed by atoms with E-state index in [0.29, 0.717) is 40.0 Å². The Morgan fingerprint density at radius 1 is 0.568 bits per heavy atom. The van der Waals surface area contributed by atoms with Gasteiger partial charge in [-0.2, -0.15) is 0 Å². The third-order valence-corrected chi connectivity index (χ3v) is 10.6. The van der Waals surface area contributed by atoms with Gasteiger partial charge in [0.25, 0.3) is 0 Å². The van der Waals surface area contributed by atoms with E-state index in [0.717, 1.165) is 60.8 Å². The van der Waals surface area contributed by atoms with Crippen LogP contribution in [-0.4, -0.2) is 61.9 Å². The van der Waals surface area contributed by atoms with E-state index in [9.17, 15) is 9.59 Å². The fourth-order valence-corrected chi connectivity index (χ4v) is 6.77. The predicted octanol–water partition coefficient (Wildman–Crippen LogP) is 10.6. The zero-order valence-corrected chi connectivity index (χ0v) is 40.7. The largest absolute Gasteiger partial charge is 0.488 e. The highest BCUT2D eigenvalue weighted by Gasteiger charge is 2.13. The lowest BCUT2D eigenvalue weighted by molar-refractivity contribution is 0.281. The smallest absolute Gasteiger partial charge is 0.423 e. The number of H-pyrrole nitrogens is 1. The Morgan fingerprint density at radius 2 is 1.07 bits per heavy atom. The molecule has 0 spiro atoms. The molecule has 7 aromatic heterocycles. The van der Waals surface area contributed by atoms with Gasteiger partial charge in [0.2, 0.25) is 0 Å². The van der Waals surface area contributed by atoms with Crippen LogP contribution < -0.4 is 17.0 Å². The van der Waals surface area contributed by atoms with E-state index in [1.807, 2.05) is 144 Å². The topological polar surface area (TPSA) is 227 Å². The average Bonchev–Trinajstić information content (AvgIpc) is 3.89. The van der Waals surface area contributed by atoms with Crippen LogP contribution in [0.5, 0.6) is 0 Å². The number of rotatable bonds is 7. The molecule has 388 valence electrons. The van der Waals surface area contributed by atoms with Crippen molar-refractivity contribution in [3.8, 4) is 22.5 Å². The van der Waals surface area contributed by atoms with Crippen LogP contribution in [-0.2, 0) is 19.8 Å². The Hall–Kier alpha value is -7.67. The van der Waals surface area contributed by atoms with Gasteiger partial charge in [0.1, 0.15) is 4.60 Å². The zero-order chi connectivity index (χ0) is 50.2. The highest BCUT2D eigenvalue weighted by atomic mass is 79.9. The first-order chi connectivity index (χ1) is 33.7. The van der Waals surface area contributed by atoms with E-state index in [1.54, 1.807) is 47.0 Å². The number of halogens is 1. The molecule has 15 nitrogen and oxygen atoms in total. The van der Waals surface area contributed by atoms with Crippen molar-refractivity contribution in [2.75, 3.05) is 0 Å². The highest BCUT2D eigenvalue weighted by molar-refractivity contribution is 9.10. The number of pyridine rings is 5. The van der Waals surface area contributed by atoms with Gasteiger partial charge >= 0.3 is 18.6 Å². The van der Waals surface area contributed by atoms with Gasteiger partial charge in [0, 0.05) is 41.1 Å². The second kappa shape index (κ2) is 30.4. The number of hydrogen-bond donors (Lipinski definition) is 5. The second-order valence-electron chi connectivity index (χ2n) is 16.0. The van der Waals surface area contributed by atoms with Crippen LogP contribution in [0.4, 0.5) is 0 Å². The number of aliphatic hydroxyl groups is 2. The van der Waals surface area contributed by atoms with Crippen molar-refractivity contribution in [2.24, 2.45) is 0 Å². The van der Waals surface area contributed by atoms with Crippen molar-refractivity contribution in [3.63, 3.8) is 0 Å². The molecule has 0 radical (unpaired) electrons. The first kappa shape index (κ1) is 62.5. The van der Waals surface area contributed by atoms with Crippen molar-refractivity contribution in [3.05, 3.63) is 223 Å². The molecule has 0 fully saturated rings. The fourth-order valence-electron chi connectivity index (χ4n) is 6.54. The Labute approximate surface area is 441 Å². The molecule has 0 atom stereocenters. The first-order valence-corrected chi connectivity index (χ1v) is 22.7. The number of benzene rings is 3. The zero-order valence-electron chi connectivity index (χ0n) is 39.1. The number of aryl methyl sites for hydroxylation is 5. The molecule has 10 rings (SSSR count). The number of aromatic nitrogens is 7. The van der Waals surface area contributed by atoms with E-state index in [4.69, 9.17) is 29.1 Å². The van der Waals surface area contributed by atoms with Gasteiger partial charge in [0.15, 0.2) is 22.5 Å². The molecule has 5 N–H and O–H groups in total. The van der Waals surface area contributed by atoms with E-state index in [2.05, 4.69) is 45.8 Å². The van der Waals surface area contributed by atoms with Crippen LogP contribution in [0.1, 0.15) is 74.5 Å². The molecule has 0 saturated carbocycles. The summed E-state index contributed by atoms with van der Waals surface area (Å²) in [6, 6.07) is 41.4. The van der Waals surface area contributed by atoms with Gasteiger partial charge < -0.3 is 29.1 Å². The van der Waals surface area contributed by atoms with Gasteiger partial charge in [-0.15, -0.1) is 0 Å². The molecule has 0 aliphatic heterocycles. The minimum absolute atomic E-state index is 0. The lowest BCUT2D eigenvalue weighted by Crippen LogP contribution is -2.29. The summed E-state index contributed by atoms with van der Waals surface area (Å²) in [7, 11) is -1.46. The second-order valence-corrected chi connectivity index (χ2v) is 16.8. The van der Waals surface area contributed by atoms with Gasteiger partial charge in [-0.1, -0.05) is 109 Å². The molecular formula is C57H67BBrN7O8. The molecule has 0 aliphatic carbocycles. The molecule has 0 amide bonds. The third kappa shape index (κ3) is 18.4. The van der Waals surface area contributed by atoms with Crippen LogP contribution in [0.15, 0.2) is 175 Å². The summed E-state index contributed by atoms with van der Waals surface area (Å²) < 4.78 is 12.5. The van der Waals surface area contributed by atoms with Gasteiger partial charge in [-0.05, 0) is 144 Å². The van der Waals surface area contributed by atoms with Crippen LogP contribution in [0.3, 0.4) is 0 Å². The predicted molar refractivity (Wildman–Crippen MR) is 302 cm³/mol. The summed E-state index contributed by atoms with van der Waals surface area (Å²) >= 11 is 3.23. The maximum atomic E-state index is 12.2. The monoisotopic (exact) mass is 1070 g/mol. The normalized spacial score (nSPS) is 9.86. The molecular weight excluding hydrogens is 1000 g/mol. The summed E-state index contributed by atoms with van der Waals surface area (Å²) in [5.74, 6) is -0.856. The first-order valence-electron chi connectivity index (χ1n) is 21.9. The minimum atomic E-state index is -1.46. The van der Waals surface area contributed by atoms with Crippen molar-refractivity contribution < 1.29 is 29.1 Å². The Morgan fingerprint density at radius 3 is 1.58 bits per heavy atom. The molecule has 0 bridgehead atoms. The van der Waals surface area contributed by atoms with Gasteiger partial charge in [-0.3, -0.25) is 19.5 Å². The molecule has 10 aromatic rings. The molecule has 0 unspecified atom stereocenters. The molecule has 7 heterocycles. The lowest BCUT2D eigenvalue weighted by atomic mass is 9.80. The third-order valence-electron chi connectivity index (χ3n) is 10.2. The van der Waals surface area contributed by atoms with Gasteiger partial charge in [-0.25, -0.2) is 24.5 Å². The molecule has 74 heavy (non-hydrogen) atoms. The minimum Gasteiger partial charge on any atom is -0.423 e. The van der Waals surface area contributed by atoms with Crippen LogP contribution in [0.25, 0.3) is 45.0 Å². The number of fused-ring (bicyclic) bond motifs is 2. The Kier molecular flexibility index (Phi) is 25.6. The fraction of sp³-hybridized carbons (Fsp3) is 0.211. The number of hydrogen-bond acceptors (Lipinski definition) is 13. The maximum absolute atomic E-state index is 12.2. The summed E-state index contributed by atoms with van der Waals surface area (Å²) in [4.78, 5) is 46.6. The average molecular weight is 1070 g/mol. The molecule has 0 aliphatic rings. The quantitative estimate of drug-likeness (QED) is 0.0740. The Bertz CT molecular complexity index is 3360. The van der Waals surface area contributed by atoms with Crippen molar-refractivity contribution in [1.82, 2.24) is 34.5 Å². The van der Waals surface area contributed by atoms with Crippen molar-refractivity contribution in [1.29, 1.82) is 0 Å². The van der Waals surface area contributed by atoms with Crippen LogP contribution in [0, 0.1) is 34.6 Å². The number of aromatic amines is 1. The van der Waals surface area contributed by atoms with Crippen molar-refractivity contribution >= 4 is 51.0 Å². The Balaban J connectivity index is 0.000000332. The summed E-state index contributed by atoms with van der Waals surface area (Å²) in [6.07, 6.45) is 5.52. The van der Waals surface area contributed by atoms with Crippen LogP contribution >= 0.6 is 15.9 Å².